The maximum absolute atomic E-state index is 13.2. The number of fused-ring (bicyclic) bond motifs is 1. The Morgan fingerprint density at radius 1 is 1.03 bits per heavy atom. The molecule has 0 aliphatic heterocycles. The SMILES string of the molecule is Cc1c(C(=O)NCc2ccc(N(C)C)cc2)n(-c2cccnc2)c2ccccc12. The minimum absolute atomic E-state index is 0.0979. The van der Waals surface area contributed by atoms with Gasteiger partial charge in [0.1, 0.15) is 5.69 Å². The standard InChI is InChI=1S/C24H24N4O/c1-17-21-8-4-5-9-22(21)28(20-7-6-14-25-16-20)23(17)24(29)26-15-18-10-12-19(13-11-18)27(2)3/h4-14,16H,15H2,1-3H3,(H,26,29). The van der Waals surface area contributed by atoms with Crippen molar-refractivity contribution in [3.63, 3.8) is 0 Å². The average molecular weight is 384 g/mol. The van der Waals surface area contributed by atoms with Gasteiger partial charge in [-0.3, -0.25) is 9.78 Å². The molecule has 4 rings (SSSR count). The van der Waals surface area contributed by atoms with E-state index in [0.29, 0.717) is 12.2 Å². The number of aryl methyl sites for hydroxylation is 1. The van der Waals surface area contributed by atoms with Crippen molar-refractivity contribution in [2.24, 2.45) is 0 Å². The summed E-state index contributed by atoms with van der Waals surface area (Å²) >= 11 is 0. The van der Waals surface area contributed by atoms with E-state index in [2.05, 4.69) is 27.3 Å². The number of carbonyl (C=O) groups excluding carboxylic acids is 1. The molecule has 0 radical (unpaired) electrons. The van der Waals surface area contributed by atoms with Crippen LogP contribution in [-0.2, 0) is 6.54 Å². The maximum atomic E-state index is 13.2. The molecule has 1 amide bonds. The highest BCUT2D eigenvalue weighted by molar-refractivity contribution is 6.02. The highest BCUT2D eigenvalue weighted by atomic mass is 16.1. The number of aromatic nitrogens is 2. The van der Waals surface area contributed by atoms with E-state index in [1.54, 1.807) is 12.4 Å². The van der Waals surface area contributed by atoms with Gasteiger partial charge in [0, 0.05) is 37.9 Å². The second-order valence-electron chi connectivity index (χ2n) is 7.28. The zero-order chi connectivity index (χ0) is 20.4. The highest BCUT2D eigenvalue weighted by Crippen LogP contribution is 2.28. The molecule has 0 aliphatic rings. The molecule has 2 aromatic heterocycles. The van der Waals surface area contributed by atoms with E-state index in [1.165, 1.54) is 0 Å². The Balaban J connectivity index is 1.68. The van der Waals surface area contributed by atoms with E-state index in [-0.39, 0.29) is 5.91 Å². The first kappa shape index (κ1) is 18.7. The quantitative estimate of drug-likeness (QED) is 0.557. The summed E-state index contributed by atoms with van der Waals surface area (Å²) in [6, 6.07) is 20.1. The summed E-state index contributed by atoms with van der Waals surface area (Å²) in [4.78, 5) is 19.5. The van der Waals surface area contributed by atoms with Crippen LogP contribution in [0.15, 0.2) is 73.1 Å². The first-order valence-electron chi connectivity index (χ1n) is 9.61. The third-order valence-electron chi connectivity index (χ3n) is 5.15. The second kappa shape index (κ2) is 7.80. The van der Waals surface area contributed by atoms with Crippen molar-refractivity contribution in [2.45, 2.75) is 13.5 Å². The van der Waals surface area contributed by atoms with Gasteiger partial charge in [-0.25, -0.2) is 0 Å². The van der Waals surface area contributed by atoms with Crippen molar-refractivity contribution in [3.05, 3.63) is 89.9 Å². The summed E-state index contributed by atoms with van der Waals surface area (Å²) in [5, 5.41) is 4.15. The summed E-state index contributed by atoms with van der Waals surface area (Å²) in [6.45, 7) is 2.47. The number of para-hydroxylation sites is 1. The normalized spacial score (nSPS) is 10.9. The molecule has 2 aromatic carbocycles. The molecule has 0 spiro atoms. The van der Waals surface area contributed by atoms with E-state index in [0.717, 1.165) is 33.4 Å². The molecule has 5 heteroatoms. The van der Waals surface area contributed by atoms with Crippen molar-refractivity contribution in [1.29, 1.82) is 0 Å². The molecule has 0 bridgehead atoms. The minimum atomic E-state index is -0.0979. The predicted octanol–water partition coefficient (Wildman–Crippen LogP) is 4.33. The van der Waals surface area contributed by atoms with Crippen molar-refractivity contribution in [1.82, 2.24) is 14.9 Å². The van der Waals surface area contributed by atoms with Crippen LogP contribution < -0.4 is 10.2 Å². The lowest BCUT2D eigenvalue weighted by Gasteiger charge is -2.14. The van der Waals surface area contributed by atoms with Crippen LogP contribution in [0.4, 0.5) is 5.69 Å². The molecular formula is C24H24N4O. The fraction of sp³-hybridized carbons (Fsp3) is 0.167. The molecule has 4 aromatic rings. The third-order valence-corrected chi connectivity index (χ3v) is 5.15. The molecule has 29 heavy (non-hydrogen) atoms. The van der Waals surface area contributed by atoms with Crippen LogP contribution >= 0.6 is 0 Å². The van der Waals surface area contributed by atoms with Gasteiger partial charge < -0.3 is 14.8 Å². The number of anilines is 1. The zero-order valence-electron chi connectivity index (χ0n) is 16.9. The number of hydrogen-bond acceptors (Lipinski definition) is 3. The van der Waals surface area contributed by atoms with Crippen LogP contribution in [0, 0.1) is 6.92 Å². The Morgan fingerprint density at radius 2 is 1.79 bits per heavy atom. The van der Waals surface area contributed by atoms with E-state index < -0.39 is 0 Å². The molecule has 0 atom stereocenters. The number of nitrogens with one attached hydrogen (secondary N) is 1. The largest absolute Gasteiger partial charge is 0.378 e. The van der Waals surface area contributed by atoms with Crippen LogP contribution in [0.5, 0.6) is 0 Å². The van der Waals surface area contributed by atoms with Crippen molar-refractivity contribution < 1.29 is 4.79 Å². The lowest BCUT2D eigenvalue weighted by Crippen LogP contribution is -2.26. The number of nitrogens with zero attached hydrogens (tertiary/aromatic N) is 3. The van der Waals surface area contributed by atoms with Gasteiger partial charge in [-0.05, 0) is 48.4 Å². The zero-order valence-corrected chi connectivity index (χ0v) is 16.9. The van der Waals surface area contributed by atoms with Gasteiger partial charge in [-0.2, -0.15) is 0 Å². The van der Waals surface area contributed by atoms with Gasteiger partial charge in [-0.1, -0.05) is 30.3 Å². The van der Waals surface area contributed by atoms with Crippen LogP contribution in [0.3, 0.4) is 0 Å². The van der Waals surface area contributed by atoms with Gasteiger partial charge in [0.15, 0.2) is 0 Å². The van der Waals surface area contributed by atoms with Crippen LogP contribution in [0.25, 0.3) is 16.6 Å². The Labute approximate surface area is 170 Å². The lowest BCUT2D eigenvalue weighted by molar-refractivity contribution is 0.0944. The van der Waals surface area contributed by atoms with Gasteiger partial charge in [0.05, 0.1) is 17.4 Å². The van der Waals surface area contributed by atoms with Crippen LogP contribution in [0.2, 0.25) is 0 Å². The Bertz CT molecular complexity index is 1140. The summed E-state index contributed by atoms with van der Waals surface area (Å²) in [5.41, 5.74) is 5.67. The fourth-order valence-corrected chi connectivity index (χ4v) is 3.61. The molecule has 0 unspecified atom stereocenters. The number of carbonyl (C=O) groups is 1. The third kappa shape index (κ3) is 3.59. The first-order valence-corrected chi connectivity index (χ1v) is 9.61. The van der Waals surface area contributed by atoms with Crippen LogP contribution in [0.1, 0.15) is 21.6 Å². The molecule has 0 saturated heterocycles. The molecule has 1 N–H and O–H groups in total. The molecule has 0 saturated carbocycles. The summed E-state index contributed by atoms with van der Waals surface area (Å²) in [7, 11) is 4.02. The molecule has 146 valence electrons. The first-order chi connectivity index (χ1) is 14.1. The monoisotopic (exact) mass is 384 g/mol. The van der Waals surface area contributed by atoms with Crippen molar-refractivity contribution >= 4 is 22.5 Å². The Morgan fingerprint density at radius 3 is 2.48 bits per heavy atom. The number of amides is 1. The average Bonchev–Trinajstić information content (AvgIpc) is 3.06. The molecular weight excluding hydrogens is 360 g/mol. The van der Waals surface area contributed by atoms with E-state index in [4.69, 9.17) is 0 Å². The van der Waals surface area contributed by atoms with E-state index in [1.807, 2.05) is 74.1 Å². The smallest absolute Gasteiger partial charge is 0.268 e. The summed E-state index contributed by atoms with van der Waals surface area (Å²) in [6.07, 6.45) is 3.52. The Hall–Kier alpha value is -3.60. The lowest BCUT2D eigenvalue weighted by atomic mass is 10.1. The molecule has 0 fully saturated rings. The number of hydrogen-bond donors (Lipinski definition) is 1. The molecule has 0 aliphatic carbocycles. The molecule has 2 heterocycles. The summed E-state index contributed by atoms with van der Waals surface area (Å²) in [5.74, 6) is -0.0979. The van der Waals surface area contributed by atoms with E-state index >= 15 is 0 Å². The van der Waals surface area contributed by atoms with Gasteiger partial charge >= 0.3 is 0 Å². The van der Waals surface area contributed by atoms with E-state index in [9.17, 15) is 4.79 Å². The van der Waals surface area contributed by atoms with Crippen molar-refractivity contribution in [3.8, 4) is 5.69 Å². The highest BCUT2D eigenvalue weighted by Gasteiger charge is 2.21. The molecule has 5 nitrogen and oxygen atoms in total. The van der Waals surface area contributed by atoms with Gasteiger partial charge in [-0.15, -0.1) is 0 Å². The summed E-state index contributed by atoms with van der Waals surface area (Å²) < 4.78 is 1.99. The fourth-order valence-electron chi connectivity index (χ4n) is 3.61. The van der Waals surface area contributed by atoms with Crippen molar-refractivity contribution in [2.75, 3.05) is 19.0 Å². The maximum Gasteiger partial charge on any atom is 0.268 e. The predicted molar refractivity (Wildman–Crippen MR) is 118 cm³/mol. The van der Waals surface area contributed by atoms with Gasteiger partial charge in [0.2, 0.25) is 0 Å². The van der Waals surface area contributed by atoms with Gasteiger partial charge in [0.25, 0.3) is 5.91 Å². The minimum Gasteiger partial charge on any atom is -0.378 e. The topological polar surface area (TPSA) is 50.2 Å². The number of rotatable bonds is 5. The number of benzene rings is 2. The second-order valence-corrected chi connectivity index (χ2v) is 7.28. The van der Waals surface area contributed by atoms with Crippen LogP contribution in [-0.4, -0.2) is 29.6 Å². The number of pyridine rings is 1. The Kier molecular flexibility index (Phi) is 5.04.